The number of hydrogen-bond acceptors (Lipinski definition) is 4. The number of ether oxygens (including phenoxy) is 1. The third kappa shape index (κ3) is 6.17. The first-order valence-electron chi connectivity index (χ1n) is 11.2. The largest absolute Gasteiger partial charge is 0.497 e. The first-order chi connectivity index (χ1) is 16.1. The molecule has 0 heterocycles. The highest BCUT2D eigenvalue weighted by atomic mass is 32.2. The van der Waals surface area contributed by atoms with Crippen LogP contribution in [0.4, 0.5) is 5.69 Å². The molecule has 0 radical (unpaired) electrons. The molecule has 0 aromatic heterocycles. The molecular weight excluding hydrogens is 448 g/mol. The lowest BCUT2D eigenvalue weighted by Crippen LogP contribution is -2.45. The highest BCUT2D eigenvalue weighted by molar-refractivity contribution is 7.92. The molecule has 3 aromatic rings. The second kappa shape index (κ2) is 10.7. The Bertz CT molecular complexity index is 1180. The lowest BCUT2D eigenvalue weighted by Gasteiger charge is -2.30. The molecule has 0 saturated heterocycles. The summed E-state index contributed by atoms with van der Waals surface area (Å²) in [6.07, 6.45) is 0.705. The van der Waals surface area contributed by atoms with E-state index in [0.717, 1.165) is 4.31 Å². The van der Waals surface area contributed by atoms with Crippen LogP contribution in [0.1, 0.15) is 32.8 Å². The number of sulfonamides is 1. The van der Waals surface area contributed by atoms with Crippen molar-refractivity contribution < 1.29 is 17.9 Å². The molecule has 180 valence electrons. The van der Waals surface area contributed by atoms with E-state index in [-0.39, 0.29) is 28.8 Å². The van der Waals surface area contributed by atoms with Gasteiger partial charge in [-0.05, 0) is 60.7 Å². The molecule has 34 heavy (non-hydrogen) atoms. The Hall–Kier alpha value is -3.32. The van der Waals surface area contributed by atoms with E-state index in [0.29, 0.717) is 17.9 Å². The molecule has 0 saturated carbocycles. The monoisotopic (exact) mass is 480 g/mol. The Morgan fingerprint density at radius 3 is 2.06 bits per heavy atom. The van der Waals surface area contributed by atoms with E-state index in [4.69, 9.17) is 4.74 Å². The number of rotatable bonds is 10. The van der Waals surface area contributed by atoms with Gasteiger partial charge in [0.1, 0.15) is 12.3 Å². The van der Waals surface area contributed by atoms with E-state index < -0.39 is 10.0 Å². The Morgan fingerprint density at radius 2 is 1.50 bits per heavy atom. The van der Waals surface area contributed by atoms with Crippen LogP contribution >= 0.6 is 0 Å². The third-order valence-corrected chi connectivity index (χ3v) is 7.55. The van der Waals surface area contributed by atoms with Crippen LogP contribution in [0, 0.1) is 0 Å². The molecule has 0 aliphatic rings. The average Bonchev–Trinajstić information content (AvgIpc) is 2.83. The van der Waals surface area contributed by atoms with Crippen LogP contribution in [0.15, 0.2) is 89.8 Å². The van der Waals surface area contributed by atoms with Gasteiger partial charge in [0.25, 0.3) is 10.0 Å². The molecule has 3 rings (SSSR count). The Kier molecular flexibility index (Phi) is 7.99. The minimum atomic E-state index is -3.95. The zero-order valence-corrected chi connectivity index (χ0v) is 20.9. The van der Waals surface area contributed by atoms with Gasteiger partial charge in [-0.1, -0.05) is 62.4 Å². The number of amides is 1. The lowest BCUT2D eigenvalue weighted by atomic mass is 9.79. The van der Waals surface area contributed by atoms with Crippen molar-refractivity contribution in [3.05, 3.63) is 90.5 Å². The maximum absolute atomic E-state index is 13.4. The average molecular weight is 481 g/mol. The van der Waals surface area contributed by atoms with Gasteiger partial charge in [-0.2, -0.15) is 0 Å². The van der Waals surface area contributed by atoms with Crippen molar-refractivity contribution in [1.29, 1.82) is 0 Å². The van der Waals surface area contributed by atoms with Crippen molar-refractivity contribution in [3.8, 4) is 5.75 Å². The Balaban J connectivity index is 1.79. The van der Waals surface area contributed by atoms with Gasteiger partial charge in [0, 0.05) is 6.04 Å². The summed E-state index contributed by atoms with van der Waals surface area (Å²) in [4.78, 5) is 13.1. The summed E-state index contributed by atoms with van der Waals surface area (Å²) in [6.45, 7) is 5.87. The lowest BCUT2D eigenvalue weighted by molar-refractivity contribution is -0.120. The van der Waals surface area contributed by atoms with E-state index in [1.165, 1.54) is 17.7 Å². The molecule has 7 heteroatoms. The second-order valence-corrected chi connectivity index (χ2v) is 10.8. The third-order valence-electron chi connectivity index (χ3n) is 5.76. The number of nitrogens with zero attached hydrogens (tertiary/aromatic N) is 1. The van der Waals surface area contributed by atoms with E-state index in [1.54, 1.807) is 49.6 Å². The molecule has 0 spiro atoms. The van der Waals surface area contributed by atoms with Crippen LogP contribution < -0.4 is 14.4 Å². The van der Waals surface area contributed by atoms with Gasteiger partial charge in [-0.25, -0.2) is 8.42 Å². The standard InChI is InChI=1S/C27H32N2O4S/c1-21(19-27(2,3)22-11-7-5-8-12-22)28-26(30)20-29(23-15-17-24(33-4)18-16-23)34(31,32)25-13-9-6-10-14-25/h5-18,21H,19-20H2,1-4H3,(H,28,30). The summed E-state index contributed by atoms with van der Waals surface area (Å²) in [5.74, 6) is 0.230. The molecule has 1 N–H and O–H groups in total. The zero-order valence-electron chi connectivity index (χ0n) is 20.1. The number of carbonyl (C=O) groups is 1. The number of hydrogen-bond donors (Lipinski definition) is 1. The van der Waals surface area contributed by atoms with Gasteiger partial charge in [0.05, 0.1) is 17.7 Å². The quantitative estimate of drug-likeness (QED) is 0.454. The molecule has 0 aliphatic heterocycles. The van der Waals surface area contributed by atoms with Gasteiger partial charge in [0.2, 0.25) is 5.91 Å². The van der Waals surface area contributed by atoms with Crippen molar-refractivity contribution in [2.45, 2.75) is 43.5 Å². The van der Waals surface area contributed by atoms with Gasteiger partial charge >= 0.3 is 0 Å². The number of benzene rings is 3. The van der Waals surface area contributed by atoms with Gasteiger partial charge in [-0.3, -0.25) is 9.10 Å². The fraction of sp³-hybridized carbons (Fsp3) is 0.296. The van der Waals surface area contributed by atoms with Crippen LogP contribution in [-0.2, 0) is 20.2 Å². The number of anilines is 1. The zero-order chi connectivity index (χ0) is 24.8. The predicted octanol–water partition coefficient (Wildman–Crippen LogP) is 4.76. The van der Waals surface area contributed by atoms with Gasteiger partial charge in [-0.15, -0.1) is 0 Å². The van der Waals surface area contributed by atoms with Crippen molar-refractivity contribution in [2.24, 2.45) is 0 Å². The molecular formula is C27H32N2O4S. The summed E-state index contributed by atoms with van der Waals surface area (Å²) in [6, 6.07) is 24.7. The number of carbonyl (C=O) groups excluding carboxylic acids is 1. The molecule has 1 atom stereocenters. The molecule has 1 unspecified atom stereocenters. The van der Waals surface area contributed by atoms with E-state index >= 15 is 0 Å². The number of methoxy groups -OCH3 is 1. The Labute approximate surface area is 202 Å². The van der Waals surface area contributed by atoms with Crippen molar-refractivity contribution >= 4 is 21.6 Å². The SMILES string of the molecule is COc1ccc(N(CC(=O)NC(C)CC(C)(C)c2ccccc2)S(=O)(=O)c2ccccc2)cc1. The van der Waals surface area contributed by atoms with E-state index in [1.807, 2.05) is 25.1 Å². The van der Waals surface area contributed by atoms with Crippen LogP contribution in [0.3, 0.4) is 0 Å². The number of nitrogens with one attached hydrogen (secondary N) is 1. The van der Waals surface area contributed by atoms with E-state index in [2.05, 4.69) is 31.3 Å². The molecule has 1 amide bonds. The summed E-state index contributed by atoms with van der Waals surface area (Å²) in [7, 11) is -2.41. The van der Waals surface area contributed by atoms with Crippen LogP contribution in [-0.4, -0.2) is 34.0 Å². The first kappa shape index (κ1) is 25.3. The first-order valence-corrected chi connectivity index (χ1v) is 12.6. The fourth-order valence-corrected chi connectivity index (χ4v) is 5.50. The Morgan fingerprint density at radius 1 is 0.941 bits per heavy atom. The molecule has 0 aliphatic carbocycles. The highest BCUT2D eigenvalue weighted by Gasteiger charge is 2.29. The summed E-state index contributed by atoms with van der Waals surface area (Å²) in [5, 5.41) is 2.98. The minimum Gasteiger partial charge on any atom is -0.497 e. The van der Waals surface area contributed by atoms with Gasteiger partial charge < -0.3 is 10.1 Å². The molecule has 0 fully saturated rings. The van der Waals surface area contributed by atoms with Crippen molar-refractivity contribution in [1.82, 2.24) is 5.32 Å². The van der Waals surface area contributed by atoms with Crippen LogP contribution in [0.2, 0.25) is 0 Å². The van der Waals surface area contributed by atoms with Crippen LogP contribution in [0.5, 0.6) is 5.75 Å². The summed E-state index contributed by atoms with van der Waals surface area (Å²) in [5.41, 5.74) is 1.42. The molecule has 3 aromatic carbocycles. The predicted molar refractivity (Wildman–Crippen MR) is 136 cm³/mol. The van der Waals surface area contributed by atoms with Crippen molar-refractivity contribution in [2.75, 3.05) is 18.0 Å². The maximum Gasteiger partial charge on any atom is 0.264 e. The van der Waals surface area contributed by atoms with Crippen LogP contribution in [0.25, 0.3) is 0 Å². The normalized spacial score (nSPS) is 12.6. The maximum atomic E-state index is 13.4. The summed E-state index contributed by atoms with van der Waals surface area (Å²) < 4.78 is 33.2. The fourth-order valence-electron chi connectivity index (χ4n) is 4.06. The second-order valence-electron chi connectivity index (χ2n) is 8.95. The molecule has 6 nitrogen and oxygen atoms in total. The smallest absolute Gasteiger partial charge is 0.264 e. The van der Waals surface area contributed by atoms with E-state index in [9.17, 15) is 13.2 Å². The molecule has 0 bridgehead atoms. The van der Waals surface area contributed by atoms with Crippen molar-refractivity contribution in [3.63, 3.8) is 0 Å². The van der Waals surface area contributed by atoms with Gasteiger partial charge in [0.15, 0.2) is 0 Å². The topological polar surface area (TPSA) is 75.7 Å². The summed E-state index contributed by atoms with van der Waals surface area (Å²) >= 11 is 0. The minimum absolute atomic E-state index is 0.122. The highest BCUT2D eigenvalue weighted by Crippen LogP contribution is 2.29.